The molecule has 0 heterocycles. The summed E-state index contributed by atoms with van der Waals surface area (Å²) in [5.74, 6) is 0.888. The number of likely N-dealkylation sites (N-methyl/N-ethyl adjacent to an activating group) is 1. The normalized spacial score (nSPS) is 12.4. The first kappa shape index (κ1) is 12.9. The minimum absolute atomic E-state index is 0.106. The lowest BCUT2D eigenvalue weighted by atomic mass is 10.3. The van der Waals surface area contributed by atoms with Gasteiger partial charge in [0.25, 0.3) is 0 Å². The van der Waals surface area contributed by atoms with E-state index in [2.05, 4.69) is 4.90 Å². The molecule has 0 saturated heterocycles. The standard InChI is InChI=1S/C12H18N2OS/c1-10(12(13)16)14(2)8-9-15-11-6-4-3-5-7-11/h3-7,10H,8-9H2,1-2H3,(H2,13,16). The first-order chi connectivity index (χ1) is 7.61. The van der Waals surface area contributed by atoms with Crippen LogP contribution in [0, 0.1) is 0 Å². The Morgan fingerprint density at radius 3 is 2.62 bits per heavy atom. The third-order valence-electron chi connectivity index (χ3n) is 2.53. The lowest BCUT2D eigenvalue weighted by Gasteiger charge is -2.23. The summed E-state index contributed by atoms with van der Waals surface area (Å²) in [5.41, 5.74) is 5.57. The van der Waals surface area contributed by atoms with Crippen molar-refractivity contribution >= 4 is 17.2 Å². The number of nitrogens with two attached hydrogens (primary N) is 1. The molecule has 0 aliphatic rings. The maximum atomic E-state index is 5.58. The fourth-order valence-corrected chi connectivity index (χ4v) is 1.42. The molecule has 88 valence electrons. The first-order valence-electron chi connectivity index (χ1n) is 5.28. The molecule has 0 aromatic heterocycles. The summed E-state index contributed by atoms with van der Waals surface area (Å²) < 4.78 is 5.58. The summed E-state index contributed by atoms with van der Waals surface area (Å²) in [6.45, 7) is 3.42. The monoisotopic (exact) mass is 238 g/mol. The zero-order chi connectivity index (χ0) is 12.0. The Morgan fingerprint density at radius 2 is 2.06 bits per heavy atom. The number of rotatable bonds is 6. The van der Waals surface area contributed by atoms with Crippen LogP contribution < -0.4 is 10.5 Å². The van der Waals surface area contributed by atoms with E-state index in [1.807, 2.05) is 44.3 Å². The van der Waals surface area contributed by atoms with Crippen LogP contribution in [0.2, 0.25) is 0 Å². The molecule has 4 heteroatoms. The molecule has 2 N–H and O–H groups in total. The van der Waals surface area contributed by atoms with E-state index in [0.29, 0.717) is 11.6 Å². The van der Waals surface area contributed by atoms with Crippen LogP contribution in [0.3, 0.4) is 0 Å². The van der Waals surface area contributed by atoms with E-state index in [1.165, 1.54) is 0 Å². The van der Waals surface area contributed by atoms with Crippen LogP contribution in [0.15, 0.2) is 30.3 Å². The molecule has 1 rings (SSSR count). The minimum Gasteiger partial charge on any atom is -0.492 e. The van der Waals surface area contributed by atoms with Crippen molar-refractivity contribution < 1.29 is 4.74 Å². The van der Waals surface area contributed by atoms with Crippen LogP contribution >= 0.6 is 12.2 Å². The topological polar surface area (TPSA) is 38.5 Å². The van der Waals surface area contributed by atoms with E-state index in [0.717, 1.165) is 12.3 Å². The van der Waals surface area contributed by atoms with E-state index in [1.54, 1.807) is 0 Å². The quantitative estimate of drug-likeness (QED) is 0.765. The molecule has 3 nitrogen and oxygen atoms in total. The third kappa shape index (κ3) is 4.16. The van der Waals surface area contributed by atoms with Gasteiger partial charge in [-0.1, -0.05) is 30.4 Å². The van der Waals surface area contributed by atoms with Gasteiger partial charge in [-0.15, -0.1) is 0 Å². The van der Waals surface area contributed by atoms with E-state index in [9.17, 15) is 0 Å². The molecule has 16 heavy (non-hydrogen) atoms. The Kier molecular flexibility index (Phi) is 5.22. The van der Waals surface area contributed by atoms with Crippen LogP contribution in [0.1, 0.15) is 6.92 Å². The molecule has 0 saturated carbocycles. The molecule has 1 unspecified atom stereocenters. The molecular weight excluding hydrogens is 220 g/mol. The minimum atomic E-state index is 0.106. The summed E-state index contributed by atoms with van der Waals surface area (Å²) >= 11 is 4.93. The Bertz CT molecular complexity index is 329. The molecule has 0 fully saturated rings. The molecular formula is C12H18N2OS. The van der Waals surface area contributed by atoms with Gasteiger partial charge < -0.3 is 10.5 Å². The lowest BCUT2D eigenvalue weighted by molar-refractivity contribution is 0.227. The van der Waals surface area contributed by atoms with Crippen LogP contribution in [0.25, 0.3) is 0 Å². The Balaban J connectivity index is 2.28. The molecule has 1 aromatic rings. The van der Waals surface area contributed by atoms with Crippen molar-refractivity contribution in [1.82, 2.24) is 4.90 Å². The lowest BCUT2D eigenvalue weighted by Crippen LogP contribution is -2.41. The van der Waals surface area contributed by atoms with Crippen LogP contribution in [0.4, 0.5) is 0 Å². The van der Waals surface area contributed by atoms with Gasteiger partial charge in [0.15, 0.2) is 0 Å². The number of para-hydroxylation sites is 1. The zero-order valence-electron chi connectivity index (χ0n) is 9.72. The van der Waals surface area contributed by atoms with Gasteiger partial charge in [0.05, 0.1) is 11.0 Å². The van der Waals surface area contributed by atoms with Crippen LogP contribution in [-0.4, -0.2) is 36.1 Å². The second kappa shape index (κ2) is 6.45. The Hall–Kier alpha value is -1.13. The highest BCUT2D eigenvalue weighted by Gasteiger charge is 2.10. The predicted molar refractivity (Wildman–Crippen MR) is 70.8 cm³/mol. The largest absolute Gasteiger partial charge is 0.492 e. The smallest absolute Gasteiger partial charge is 0.119 e. The number of hydrogen-bond acceptors (Lipinski definition) is 3. The van der Waals surface area contributed by atoms with E-state index in [4.69, 9.17) is 22.7 Å². The number of nitrogens with zero attached hydrogens (tertiary/aromatic N) is 1. The highest BCUT2D eigenvalue weighted by Crippen LogP contribution is 2.08. The van der Waals surface area contributed by atoms with Crippen molar-refractivity contribution in [2.45, 2.75) is 13.0 Å². The summed E-state index contributed by atoms with van der Waals surface area (Å²) in [6, 6.07) is 9.87. The second-order valence-electron chi connectivity index (χ2n) is 3.72. The van der Waals surface area contributed by atoms with Gasteiger partial charge in [0, 0.05) is 6.54 Å². The van der Waals surface area contributed by atoms with Gasteiger partial charge in [-0.05, 0) is 26.1 Å². The van der Waals surface area contributed by atoms with Crippen molar-refractivity contribution in [2.75, 3.05) is 20.2 Å². The van der Waals surface area contributed by atoms with Gasteiger partial charge in [-0.2, -0.15) is 0 Å². The summed E-state index contributed by atoms with van der Waals surface area (Å²) in [4.78, 5) is 2.59. The van der Waals surface area contributed by atoms with Gasteiger partial charge in [-0.3, -0.25) is 4.90 Å². The van der Waals surface area contributed by atoms with Crippen molar-refractivity contribution in [1.29, 1.82) is 0 Å². The van der Waals surface area contributed by atoms with Crippen molar-refractivity contribution in [3.05, 3.63) is 30.3 Å². The SMILES string of the molecule is CC(C(N)=S)N(C)CCOc1ccccc1. The van der Waals surface area contributed by atoms with Crippen LogP contribution in [0.5, 0.6) is 5.75 Å². The predicted octanol–water partition coefficient (Wildman–Crippen LogP) is 1.67. The molecule has 0 amide bonds. The van der Waals surface area contributed by atoms with Gasteiger partial charge >= 0.3 is 0 Å². The van der Waals surface area contributed by atoms with Crippen molar-refractivity contribution in [3.8, 4) is 5.75 Å². The third-order valence-corrected chi connectivity index (χ3v) is 2.87. The van der Waals surface area contributed by atoms with Gasteiger partial charge in [-0.25, -0.2) is 0 Å². The highest BCUT2D eigenvalue weighted by atomic mass is 32.1. The number of ether oxygens (including phenoxy) is 1. The molecule has 0 spiro atoms. The fraction of sp³-hybridized carbons (Fsp3) is 0.417. The van der Waals surface area contributed by atoms with Gasteiger partial charge in [0.2, 0.25) is 0 Å². The molecule has 0 aliphatic carbocycles. The average molecular weight is 238 g/mol. The molecule has 0 aliphatic heterocycles. The van der Waals surface area contributed by atoms with E-state index < -0.39 is 0 Å². The second-order valence-corrected chi connectivity index (χ2v) is 4.19. The van der Waals surface area contributed by atoms with Gasteiger partial charge in [0.1, 0.15) is 12.4 Å². The fourth-order valence-electron chi connectivity index (χ4n) is 1.24. The maximum Gasteiger partial charge on any atom is 0.119 e. The first-order valence-corrected chi connectivity index (χ1v) is 5.69. The molecule has 0 bridgehead atoms. The molecule has 0 radical (unpaired) electrons. The number of hydrogen-bond donors (Lipinski definition) is 1. The van der Waals surface area contributed by atoms with E-state index in [-0.39, 0.29) is 6.04 Å². The highest BCUT2D eigenvalue weighted by molar-refractivity contribution is 7.80. The number of benzene rings is 1. The summed E-state index contributed by atoms with van der Waals surface area (Å²) in [7, 11) is 1.98. The van der Waals surface area contributed by atoms with E-state index >= 15 is 0 Å². The zero-order valence-corrected chi connectivity index (χ0v) is 10.5. The van der Waals surface area contributed by atoms with Crippen LogP contribution in [-0.2, 0) is 0 Å². The van der Waals surface area contributed by atoms with Crippen molar-refractivity contribution in [2.24, 2.45) is 5.73 Å². The number of thiocarbonyl (C=S) groups is 1. The maximum absolute atomic E-state index is 5.58. The summed E-state index contributed by atoms with van der Waals surface area (Å²) in [5, 5.41) is 0. The molecule has 1 aromatic carbocycles. The Morgan fingerprint density at radius 1 is 1.44 bits per heavy atom. The molecule has 1 atom stereocenters. The van der Waals surface area contributed by atoms with Crippen molar-refractivity contribution in [3.63, 3.8) is 0 Å². The average Bonchev–Trinajstić information content (AvgIpc) is 2.29. The Labute approximate surface area is 102 Å². The summed E-state index contributed by atoms with van der Waals surface area (Å²) in [6.07, 6.45) is 0.